The van der Waals surface area contributed by atoms with E-state index in [0.29, 0.717) is 83.7 Å². The van der Waals surface area contributed by atoms with Crippen molar-refractivity contribution >= 4 is 71.6 Å². The van der Waals surface area contributed by atoms with Gasteiger partial charge >= 0.3 is 14.2 Å². The number of hydrogen-bond donors (Lipinski definition) is 0. The molecule has 700 valence electrons. The van der Waals surface area contributed by atoms with E-state index < -0.39 is 65.7 Å². The molecule has 0 radical (unpaired) electrons. The smallest absolute Gasteiger partial charge is 0.399 e. The number of nitriles is 2. The highest BCUT2D eigenvalue weighted by molar-refractivity contribution is 6.63. The van der Waals surface area contributed by atoms with E-state index in [1.807, 2.05) is 298 Å². The Morgan fingerprint density at radius 1 is 0.234 bits per heavy atom. The molecule has 0 atom stereocenters. The fourth-order valence-corrected chi connectivity index (χ4v) is 14.7. The summed E-state index contributed by atoms with van der Waals surface area (Å²) in [5, 5.41) is 19.2. The summed E-state index contributed by atoms with van der Waals surface area (Å²) in [6.45, 7) is 15.5. The van der Waals surface area contributed by atoms with Crippen LogP contribution in [0.15, 0.2) is 352 Å². The lowest BCUT2D eigenvalue weighted by molar-refractivity contribution is 0.00578. The zero-order valence-corrected chi connectivity index (χ0v) is 79.3. The van der Waals surface area contributed by atoms with Gasteiger partial charge in [-0.1, -0.05) is 303 Å². The van der Waals surface area contributed by atoms with E-state index in [9.17, 15) is 22.0 Å². The molecule has 0 N–H and O–H groups in total. The molecule has 0 unspecified atom stereocenters. The Kier molecular flexibility index (Phi) is 32.9. The Hall–Kier alpha value is -15.2. The number of halogens is 10. The molecule has 6 heterocycles. The monoisotopic (exact) mass is 1950 g/mol. The van der Waals surface area contributed by atoms with E-state index in [-0.39, 0.29) is 63.8 Å². The van der Waals surface area contributed by atoms with Crippen LogP contribution in [-0.4, -0.2) is 96.4 Å². The molecule has 18 nitrogen and oxygen atoms in total. The van der Waals surface area contributed by atoms with Gasteiger partial charge in [-0.3, -0.25) is 0 Å². The van der Waals surface area contributed by atoms with Gasteiger partial charge in [-0.2, -0.15) is 20.5 Å². The average Bonchev–Trinajstić information content (AvgIpc) is 1.53. The van der Waals surface area contributed by atoms with Crippen LogP contribution in [0, 0.1) is 57.6 Å². The lowest BCUT2D eigenvalue weighted by Crippen LogP contribution is -2.41. The maximum Gasteiger partial charge on any atom is 0.497 e. The molecular weight excluding hydrogens is 1870 g/mol. The molecule has 2 fully saturated rings. The zero-order chi connectivity index (χ0) is 98.8. The first kappa shape index (κ1) is 102. The quantitative estimate of drug-likeness (QED) is 0.0726. The van der Waals surface area contributed by atoms with Crippen LogP contribution in [0.2, 0.25) is 20.4 Å². The molecule has 0 aliphatic carbocycles. The summed E-state index contributed by atoms with van der Waals surface area (Å²) in [5.74, 6) is 1.65. The van der Waals surface area contributed by atoms with Gasteiger partial charge in [0.05, 0.1) is 50.2 Å². The van der Waals surface area contributed by atoms with E-state index in [2.05, 4.69) is 59.8 Å². The van der Waals surface area contributed by atoms with Crippen molar-refractivity contribution in [1.82, 2.24) is 59.8 Å². The maximum atomic E-state index is 15.0. The van der Waals surface area contributed by atoms with Crippen LogP contribution in [0.5, 0.6) is 0 Å². The SMILES string of the molecule is C.CC1(C)OB(c2cc(Cl)ccc2F)OC1(C)C.CC1(C)OB(c2ccc(C#N)c(F)c2)OC1(C)C.Clc1nc(-c2ccccc2)nc(-c2ccccc2)n1.Fc1ccc(Cl)cc1-c1nc(-c2ccccc2)nc(-c2ccccc2)n1.Fc1ccc(Cl)cc1-c1nc(-c2ccccc2)nc(-c2ccccc2)n1.N#Cc1ccc(-c2ccc(F)c(-c3nc(-c4ccccc4)nc(-c4ccccc4)n3)c2)cc1F. The molecule has 141 heavy (non-hydrogen) atoms. The van der Waals surface area contributed by atoms with Gasteiger partial charge in [0.25, 0.3) is 0 Å². The van der Waals surface area contributed by atoms with Crippen molar-refractivity contribution in [2.45, 2.75) is 85.2 Å². The molecule has 0 amide bonds. The van der Waals surface area contributed by atoms with E-state index >= 15 is 4.39 Å². The Labute approximate surface area is 833 Å². The highest BCUT2D eigenvalue weighted by Gasteiger charge is 2.53. The number of benzene rings is 14. The average molecular weight is 1960 g/mol. The second-order valence-corrected chi connectivity index (χ2v) is 35.2. The van der Waals surface area contributed by atoms with Crippen LogP contribution in [0.1, 0.15) is 73.9 Å². The summed E-state index contributed by atoms with van der Waals surface area (Å²) in [6, 6.07) is 106. The summed E-state index contributed by atoms with van der Waals surface area (Å²) in [6.07, 6.45) is 0. The summed E-state index contributed by atoms with van der Waals surface area (Å²) >= 11 is 23.9. The topological polar surface area (TPSA) is 239 Å². The van der Waals surface area contributed by atoms with Crippen molar-refractivity contribution < 1.29 is 45.0 Å². The second-order valence-electron chi connectivity index (χ2n) is 33.5. The van der Waals surface area contributed by atoms with Crippen LogP contribution in [0.4, 0.5) is 26.3 Å². The van der Waals surface area contributed by atoms with Gasteiger partial charge in [-0.25, -0.2) is 76.2 Å². The molecule has 0 bridgehead atoms. The van der Waals surface area contributed by atoms with Crippen LogP contribution in [0.25, 0.3) is 136 Å². The molecule has 2 saturated heterocycles. The molecular formula is C111H86B2Cl4F6N14O4. The lowest BCUT2D eigenvalue weighted by Gasteiger charge is -2.32. The third-order valence-corrected chi connectivity index (χ3v) is 23.7. The normalized spacial score (nSPS) is 13.2. The first-order chi connectivity index (χ1) is 67.3. The Balaban J connectivity index is 0.000000137. The second kappa shape index (κ2) is 45.6. The van der Waals surface area contributed by atoms with Crippen molar-refractivity contribution in [3.8, 4) is 149 Å². The summed E-state index contributed by atoms with van der Waals surface area (Å²) in [4.78, 5) is 53.6. The third-order valence-electron chi connectivity index (χ3n) is 22.8. The molecule has 30 heteroatoms. The van der Waals surface area contributed by atoms with Crippen molar-refractivity contribution in [2.24, 2.45) is 0 Å². The Morgan fingerprint density at radius 2 is 0.468 bits per heavy atom. The van der Waals surface area contributed by atoms with Crippen LogP contribution in [0.3, 0.4) is 0 Å². The standard InChI is InChI=1S/C28H16F2N4.2C21H13ClFN3.C15H10ClN3.C13H15BFNO2.C12H15BClFO2.CH4/c29-24-14-13-20(21-11-12-22(17-31)25(30)16-21)15-23(24)28-33-26(18-7-3-1-4-8-18)32-27(34-28)19-9-5-2-6-10-19;2*22-16-11-12-18(23)17(13-16)21-25-19(14-7-3-1-4-8-14)24-20(26-21)15-9-5-2-6-10-15;16-15-18-13(11-7-3-1-4-8-11)17-14(19-15)12-9-5-2-6-10-12;1-12(2)13(3,4)18-14(17-12)10-6-5-9(8-16)11(15)7-10;1-11(2)12(3,4)17-13(16-11)9-7-8(14)5-6-10(9)15;/h1-16H;2*1-13H;1-10H;5-7H,1-4H3;5-7H,1-4H3;1H4. The fourth-order valence-electron chi connectivity index (χ4n) is 14.0. The molecule has 14 aromatic carbocycles. The lowest BCUT2D eigenvalue weighted by atomic mass is 9.79. The molecule has 2 aliphatic heterocycles. The predicted molar refractivity (Wildman–Crippen MR) is 545 cm³/mol. The van der Waals surface area contributed by atoms with E-state index in [1.165, 1.54) is 78.9 Å². The van der Waals surface area contributed by atoms with Gasteiger partial charge in [0.1, 0.15) is 47.0 Å². The van der Waals surface area contributed by atoms with Crippen LogP contribution in [-0.2, 0) is 18.6 Å². The van der Waals surface area contributed by atoms with Crippen molar-refractivity contribution in [1.29, 1.82) is 10.5 Å². The largest absolute Gasteiger partial charge is 0.497 e. The number of nitrogens with zero attached hydrogens (tertiary/aromatic N) is 14. The van der Waals surface area contributed by atoms with Gasteiger partial charge in [-0.15, -0.1) is 0 Å². The summed E-state index contributed by atoms with van der Waals surface area (Å²) in [5.41, 5.74) is 7.47. The number of aromatic nitrogens is 12. The predicted octanol–water partition coefficient (Wildman–Crippen LogP) is 27.3. The van der Waals surface area contributed by atoms with Crippen molar-refractivity contribution in [3.63, 3.8) is 0 Å². The Bertz CT molecular complexity index is 7090. The van der Waals surface area contributed by atoms with Crippen molar-refractivity contribution in [3.05, 3.63) is 418 Å². The van der Waals surface area contributed by atoms with Gasteiger partial charge in [-0.05, 0) is 175 Å². The van der Waals surface area contributed by atoms with Gasteiger partial charge in [0, 0.05) is 65.0 Å². The van der Waals surface area contributed by atoms with Gasteiger partial charge in [0.2, 0.25) is 5.28 Å². The van der Waals surface area contributed by atoms with Crippen LogP contribution >= 0.6 is 46.4 Å². The van der Waals surface area contributed by atoms with Gasteiger partial charge < -0.3 is 18.6 Å². The maximum absolute atomic E-state index is 15.0. The van der Waals surface area contributed by atoms with E-state index in [1.54, 1.807) is 42.5 Å². The highest BCUT2D eigenvalue weighted by atomic mass is 35.5. The minimum Gasteiger partial charge on any atom is -0.399 e. The first-order valence-electron chi connectivity index (χ1n) is 43.8. The zero-order valence-electron chi connectivity index (χ0n) is 76.3. The molecule has 2 aliphatic rings. The molecule has 4 aromatic heterocycles. The summed E-state index contributed by atoms with van der Waals surface area (Å²) < 4.78 is 108. The summed E-state index contributed by atoms with van der Waals surface area (Å²) in [7, 11) is -1.31. The first-order valence-corrected chi connectivity index (χ1v) is 45.3. The minimum atomic E-state index is -0.710. The van der Waals surface area contributed by atoms with E-state index in [0.717, 1.165) is 44.5 Å². The molecule has 20 rings (SSSR count). The van der Waals surface area contributed by atoms with Gasteiger partial charge in [0.15, 0.2) is 64.1 Å². The number of rotatable bonds is 14. The fraction of sp³-hybridized carbons (Fsp3) is 0.117. The van der Waals surface area contributed by atoms with Crippen LogP contribution < -0.4 is 10.9 Å². The molecule has 18 aromatic rings. The van der Waals surface area contributed by atoms with E-state index in [4.69, 9.17) is 75.5 Å². The third kappa shape index (κ3) is 25.3. The molecule has 0 spiro atoms. The minimum absolute atomic E-state index is 0. The number of hydrogen-bond acceptors (Lipinski definition) is 18. The highest BCUT2D eigenvalue weighted by Crippen LogP contribution is 2.40. The molecule has 0 saturated carbocycles. The Morgan fingerprint density at radius 3 is 0.759 bits per heavy atom. The van der Waals surface area contributed by atoms with Crippen molar-refractivity contribution in [2.75, 3.05) is 0 Å².